The zero-order valence-corrected chi connectivity index (χ0v) is 16.8. The van der Waals surface area contributed by atoms with E-state index in [2.05, 4.69) is 18.8 Å². The van der Waals surface area contributed by atoms with Crippen LogP contribution in [0.1, 0.15) is 18.1 Å². The van der Waals surface area contributed by atoms with Crippen LogP contribution in [0, 0.1) is 0 Å². The van der Waals surface area contributed by atoms with Crippen molar-refractivity contribution in [3.05, 3.63) is 71.9 Å². The van der Waals surface area contributed by atoms with Gasteiger partial charge in [0.1, 0.15) is 5.70 Å². The van der Waals surface area contributed by atoms with Gasteiger partial charge in [0.25, 0.3) is 11.8 Å². The second-order valence-electron chi connectivity index (χ2n) is 6.50. The summed E-state index contributed by atoms with van der Waals surface area (Å²) >= 11 is 0. The van der Waals surface area contributed by atoms with Crippen molar-refractivity contribution in [1.82, 2.24) is 4.90 Å². The van der Waals surface area contributed by atoms with E-state index in [-0.39, 0.29) is 29.6 Å². The van der Waals surface area contributed by atoms with E-state index >= 15 is 0 Å². The van der Waals surface area contributed by atoms with Gasteiger partial charge in [-0.25, -0.2) is 0 Å². The number of carbonyl (C=O) groups excluding carboxylic acids is 2. The van der Waals surface area contributed by atoms with Gasteiger partial charge in [-0.2, -0.15) is 0 Å². The standard InChI is InChI=1S/C23H24N2O4/c1-5-13-25-22(26)20(16-9-12-18(28-3)19(14-16)29-4)21(23(25)27)24-17-10-7-15(6-2)8-11-17/h5,7-12,14,24H,1,6,13H2,2-4H3. The van der Waals surface area contributed by atoms with E-state index in [9.17, 15) is 9.59 Å². The van der Waals surface area contributed by atoms with Gasteiger partial charge in [-0.1, -0.05) is 31.2 Å². The molecule has 1 heterocycles. The molecule has 150 valence electrons. The topological polar surface area (TPSA) is 67.9 Å². The molecule has 6 nitrogen and oxygen atoms in total. The van der Waals surface area contributed by atoms with Crippen LogP contribution in [-0.4, -0.2) is 37.5 Å². The number of hydrogen-bond acceptors (Lipinski definition) is 5. The Hall–Kier alpha value is -3.54. The molecule has 6 heteroatoms. The summed E-state index contributed by atoms with van der Waals surface area (Å²) in [5.74, 6) is 0.252. The molecule has 1 N–H and O–H groups in total. The van der Waals surface area contributed by atoms with Crippen LogP contribution in [0.3, 0.4) is 0 Å². The Morgan fingerprint density at radius 3 is 2.28 bits per heavy atom. The maximum absolute atomic E-state index is 13.0. The predicted molar refractivity (Wildman–Crippen MR) is 113 cm³/mol. The SMILES string of the molecule is C=CCN1C(=O)C(Nc2ccc(CC)cc2)=C(c2ccc(OC)c(OC)c2)C1=O. The molecule has 2 amide bonds. The number of benzene rings is 2. The molecule has 1 aliphatic rings. The van der Waals surface area contributed by atoms with Crippen molar-refractivity contribution in [2.24, 2.45) is 0 Å². The number of carbonyl (C=O) groups is 2. The minimum atomic E-state index is -0.390. The van der Waals surface area contributed by atoms with Crippen molar-refractivity contribution in [2.45, 2.75) is 13.3 Å². The lowest BCUT2D eigenvalue weighted by Crippen LogP contribution is -2.32. The molecule has 2 aromatic carbocycles. The quantitative estimate of drug-likeness (QED) is 0.549. The Morgan fingerprint density at radius 2 is 1.69 bits per heavy atom. The fraction of sp³-hybridized carbons (Fsp3) is 0.217. The predicted octanol–water partition coefficient (Wildman–Crippen LogP) is 3.64. The number of imide groups is 1. The number of amides is 2. The highest BCUT2D eigenvalue weighted by atomic mass is 16.5. The van der Waals surface area contributed by atoms with Gasteiger partial charge < -0.3 is 14.8 Å². The molecule has 2 aromatic rings. The highest BCUT2D eigenvalue weighted by molar-refractivity contribution is 6.36. The maximum atomic E-state index is 13.0. The lowest BCUT2D eigenvalue weighted by Gasteiger charge is -2.12. The van der Waals surface area contributed by atoms with E-state index in [1.807, 2.05) is 24.3 Å². The summed E-state index contributed by atoms with van der Waals surface area (Å²) in [4.78, 5) is 27.2. The third-order valence-electron chi connectivity index (χ3n) is 4.78. The van der Waals surface area contributed by atoms with Crippen LogP contribution < -0.4 is 14.8 Å². The van der Waals surface area contributed by atoms with E-state index in [4.69, 9.17) is 9.47 Å². The molecule has 0 spiro atoms. The normalized spacial score (nSPS) is 13.7. The zero-order chi connectivity index (χ0) is 21.0. The molecule has 0 saturated heterocycles. The first-order valence-electron chi connectivity index (χ1n) is 9.33. The van der Waals surface area contributed by atoms with Crippen molar-refractivity contribution in [3.63, 3.8) is 0 Å². The molecule has 0 fully saturated rings. The molecule has 3 rings (SSSR count). The van der Waals surface area contributed by atoms with Gasteiger partial charge in [0.2, 0.25) is 0 Å². The molecule has 0 aliphatic carbocycles. The minimum Gasteiger partial charge on any atom is -0.493 e. The van der Waals surface area contributed by atoms with Crippen LogP contribution in [0.5, 0.6) is 11.5 Å². The monoisotopic (exact) mass is 392 g/mol. The molecule has 0 atom stereocenters. The van der Waals surface area contributed by atoms with E-state index in [0.717, 1.165) is 12.1 Å². The molecule has 29 heavy (non-hydrogen) atoms. The van der Waals surface area contributed by atoms with E-state index in [0.29, 0.717) is 17.1 Å². The Morgan fingerprint density at radius 1 is 1.00 bits per heavy atom. The van der Waals surface area contributed by atoms with Gasteiger partial charge in [-0.05, 0) is 41.8 Å². The second-order valence-corrected chi connectivity index (χ2v) is 6.50. The molecule has 0 aromatic heterocycles. The summed E-state index contributed by atoms with van der Waals surface area (Å²) in [6.07, 6.45) is 2.45. The number of rotatable bonds is 8. The van der Waals surface area contributed by atoms with E-state index in [1.54, 1.807) is 25.3 Å². The van der Waals surface area contributed by atoms with Crippen molar-refractivity contribution in [2.75, 3.05) is 26.1 Å². The first kappa shape index (κ1) is 20.2. The molecular formula is C23H24N2O4. The molecule has 1 aliphatic heterocycles. The Kier molecular flexibility index (Phi) is 6.02. The van der Waals surface area contributed by atoms with Crippen LogP contribution in [0.2, 0.25) is 0 Å². The average molecular weight is 392 g/mol. The highest BCUT2D eigenvalue weighted by Crippen LogP contribution is 2.35. The number of anilines is 1. The Balaban J connectivity index is 2.08. The number of nitrogens with zero attached hydrogens (tertiary/aromatic N) is 1. The van der Waals surface area contributed by atoms with E-state index < -0.39 is 0 Å². The Labute approximate surface area is 170 Å². The lowest BCUT2D eigenvalue weighted by molar-refractivity contribution is -0.136. The number of nitrogens with one attached hydrogen (secondary N) is 1. The lowest BCUT2D eigenvalue weighted by atomic mass is 10.0. The summed E-state index contributed by atoms with van der Waals surface area (Å²) in [6, 6.07) is 12.9. The number of hydrogen-bond donors (Lipinski definition) is 1. The summed E-state index contributed by atoms with van der Waals surface area (Å²) < 4.78 is 10.6. The van der Waals surface area contributed by atoms with Crippen LogP contribution in [0.25, 0.3) is 5.57 Å². The van der Waals surface area contributed by atoms with Crippen LogP contribution >= 0.6 is 0 Å². The number of methoxy groups -OCH3 is 2. The van der Waals surface area contributed by atoms with Gasteiger partial charge >= 0.3 is 0 Å². The molecule has 0 saturated carbocycles. The van der Waals surface area contributed by atoms with Crippen LogP contribution in [0.4, 0.5) is 5.69 Å². The van der Waals surface area contributed by atoms with E-state index in [1.165, 1.54) is 23.6 Å². The molecule has 0 bridgehead atoms. The summed E-state index contributed by atoms with van der Waals surface area (Å²) in [5, 5.41) is 3.14. The van der Waals surface area contributed by atoms with Gasteiger partial charge in [0, 0.05) is 12.2 Å². The average Bonchev–Trinajstić information content (AvgIpc) is 2.98. The molecule has 0 radical (unpaired) electrons. The zero-order valence-electron chi connectivity index (χ0n) is 16.8. The minimum absolute atomic E-state index is 0.133. The maximum Gasteiger partial charge on any atom is 0.278 e. The second kappa shape index (κ2) is 8.65. The van der Waals surface area contributed by atoms with Crippen molar-refractivity contribution in [3.8, 4) is 11.5 Å². The van der Waals surface area contributed by atoms with Gasteiger partial charge in [-0.15, -0.1) is 6.58 Å². The van der Waals surface area contributed by atoms with Crippen molar-refractivity contribution < 1.29 is 19.1 Å². The van der Waals surface area contributed by atoms with Gasteiger partial charge in [0.05, 0.1) is 19.8 Å². The molecule has 0 unspecified atom stereocenters. The molecular weight excluding hydrogens is 368 g/mol. The van der Waals surface area contributed by atoms with Crippen molar-refractivity contribution in [1.29, 1.82) is 0 Å². The first-order valence-corrected chi connectivity index (χ1v) is 9.33. The summed E-state index contributed by atoms with van der Waals surface area (Å²) in [5.41, 5.74) is 3.01. The van der Waals surface area contributed by atoms with Crippen LogP contribution in [0.15, 0.2) is 60.8 Å². The van der Waals surface area contributed by atoms with Crippen molar-refractivity contribution >= 4 is 23.1 Å². The van der Waals surface area contributed by atoms with Gasteiger partial charge in [0.15, 0.2) is 11.5 Å². The fourth-order valence-electron chi connectivity index (χ4n) is 3.21. The number of ether oxygens (including phenoxy) is 2. The largest absolute Gasteiger partial charge is 0.493 e. The number of aryl methyl sites for hydroxylation is 1. The third-order valence-corrected chi connectivity index (χ3v) is 4.78. The fourth-order valence-corrected chi connectivity index (χ4v) is 3.21. The smallest absolute Gasteiger partial charge is 0.278 e. The summed E-state index contributed by atoms with van der Waals surface area (Å²) in [6.45, 7) is 5.86. The van der Waals surface area contributed by atoms with Crippen LogP contribution in [-0.2, 0) is 16.0 Å². The van der Waals surface area contributed by atoms with Gasteiger partial charge in [-0.3, -0.25) is 14.5 Å². The Bertz CT molecular complexity index is 977. The summed E-state index contributed by atoms with van der Waals surface area (Å²) in [7, 11) is 3.07. The highest BCUT2D eigenvalue weighted by Gasteiger charge is 2.38. The third kappa shape index (κ3) is 3.87. The first-order chi connectivity index (χ1) is 14.0.